The standard InChI is InChI=1S/C15H18O2/c1-3-15(10-7-11-16-13(15)2)17-12-14-8-5-4-6-9-14/h3-10,13H,1,11-12H2,2H3/t13-,15+/m0/s1. The van der Waals surface area contributed by atoms with Crippen LogP contribution in [0, 0.1) is 0 Å². The summed E-state index contributed by atoms with van der Waals surface area (Å²) in [6.45, 7) is 7.08. The zero-order valence-electron chi connectivity index (χ0n) is 10.1. The molecule has 0 saturated carbocycles. The van der Waals surface area contributed by atoms with Crippen molar-refractivity contribution in [2.75, 3.05) is 6.61 Å². The van der Waals surface area contributed by atoms with E-state index < -0.39 is 5.60 Å². The third kappa shape index (κ3) is 2.65. The van der Waals surface area contributed by atoms with Crippen molar-refractivity contribution in [3.05, 3.63) is 60.7 Å². The minimum atomic E-state index is -0.506. The summed E-state index contributed by atoms with van der Waals surface area (Å²) in [6, 6.07) is 10.1. The molecule has 0 aliphatic carbocycles. The maximum atomic E-state index is 5.99. The second kappa shape index (κ2) is 5.30. The molecule has 2 nitrogen and oxygen atoms in total. The number of benzene rings is 1. The Bertz CT molecular complexity index is 397. The van der Waals surface area contributed by atoms with Gasteiger partial charge >= 0.3 is 0 Å². The molecule has 0 aromatic heterocycles. The smallest absolute Gasteiger partial charge is 0.130 e. The highest BCUT2D eigenvalue weighted by Gasteiger charge is 2.34. The molecular weight excluding hydrogens is 212 g/mol. The zero-order chi connectivity index (χ0) is 12.1. The van der Waals surface area contributed by atoms with Crippen LogP contribution in [0.2, 0.25) is 0 Å². The van der Waals surface area contributed by atoms with Crippen molar-refractivity contribution in [2.45, 2.75) is 25.2 Å². The minimum Gasteiger partial charge on any atom is -0.371 e. The summed E-state index contributed by atoms with van der Waals surface area (Å²) >= 11 is 0. The molecule has 1 aliphatic heterocycles. The fourth-order valence-electron chi connectivity index (χ4n) is 1.94. The molecule has 0 bridgehead atoms. The van der Waals surface area contributed by atoms with Crippen LogP contribution in [-0.2, 0) is 16.1 Å². The van der Waals surface area contributed by atoms with Crippen LogP contribution in [0.1, 0.15) is 12.5 Å². The molecule has 0 spiro atoms. The third-order valence-corrected chi connectivity index (χ3v) is 3.11. The Morgan fingerprint density at radius 2 is 2.24 bits per heavy atom. The van der Waals surface area contributed by atoms with Crippen LogP contribution in [-0.4, -0.2) is 18.3 Å². The van der Waals surface area contributed by atoms with E-state index in [0.717, 1.165) is 5.56 Å². The number of ether oxygens (including phenoxy) is 2. The van der Waals surface area contributed by atoms with Crippen LogP contribution in [0.15, 0.2) is 55.1 Å². The normalized spacial score (nSPS) is 27.9. The van der Waals surface area contributed by atoms with Gasteiger partial charge in [-0.1, -0.05) is 49.1 Å². The van der Waals surface area contributed by atoms with Gasteiger partial charge in [-0.2, -0.15) is 0 Å². The molecule has 1 aromatic carbocycles. The highest BCUT2D eigenvalue weighted by molar-refractivity contribution is 5.20. The lowest BCUT2D eigenvalue weighted by Gasteiger charge is -2.36. The Balaban J connectivity index is 2.07. The van der Waals surface area contributed by atoms with Crippen molar-refractivity contribution in [3.8, 4) is 0 Å². The van der Waals surface area contributed by atoms with Crippen LogP contribution < -0.4 is 0 Å². The average molecular weight is 230 g/mol. The van der Waals surface area contributed by atoms with Crippen LogP contribution in [0.3, 0.4) is 0 Å². The van der Waals surface area contributed by atoms with Crippen LogP contribution in [0.5, 0.6) is 0 Å². The summed E-state index contributed by atoms with van der Waals surface area (Å²) in [5.74, 6) is 0. The van der Waals surface area contributed by atoms with Gasteiger partial charge in [-0.15, -0.1) is 0 Å². The Morgan fingerprint density at radius 3 is 2.88 bits per heavy atom. The molecule has 1 heterocycles. The summed E-state index contributed by atoms with van der Waals surface area (Å²) in [4.78, 5) is 0. The van der Waals surface area contributed by atoms with Crippen molar-refractivity contribution in [2.24, 2.45) is 0 Å². The third-order valence-electron chi connectivity index (χ3n) is 3.11. The Hall–Kier alpha value is -1.38. The van der Waals surface area contributed by atoms with E-state index in [2.05, 4.69) is 18.7 Å². The van der Waals surface area contributed by atoms with E-state index in [1.807, 2.05) is 43.4 Å². The van der Waals surface area contributed by atoms with E-state index in [1.54, 1.807) is 0 Å². The fraction of sp³-hybridized carbons (Fsp3) is 0.333. The number of hydrogen-bond acceptors (Lipinski definition) is 2. The first-order valence-electron chi connectivity index (χ1n) is 5.87. The van der Waals surface area contributed by atoms with E-state index in [0.29, 0.717) is 13.2 Å². The van der Waals surface area contributed by atoms with E-state index in [9.17, 15) is 0 Å². The second-order valence-electron chi connectivity index (χ2n) is 4.21. The molecule has 2 rings (SSSR count). The summed E-state index contributed by atoms with van der Waals surface area (Å²) < 4.78 is 11.6. The summed E-state index contributed by atoms with van der Waals surface area (Å²) in [5.41, 5.74) is 0.647. The number of hydrogen-bond donors (Lipinski definition) is 0. The number of rotatable bonds is 4. The first-order valence-corrected chi connectivity index (χ1v) is 5.87. The molecule has 0 fully saturated rings. The molecule has 1 aliphatic rings. The lowest BCUT2D eigenvalue weighted by molar-refractivity contribution is -0.0948. The first-order chi connectivity index (χ1) is 8.27. The van der Waals surface area contributed by atoms with Gasteiger partial charge in [-0.05, 0) is 18.6 Å². The highest BCUT2D eigenvalue weighted by Crippen LogP contribution is 2.27. The van der Waals surface area contributed by atoms with Crippen molar-refractivity contribution >= 4 is 0 Å². The molecule has 1 aromatic rings. The van der Waals surface area contributed by atoms with Crippen LogP contribution >= 0.6 is 0 Å². The Morgan fingerprint density at radius 1 is 1.47 bits per heavy atom. The van der Waals surface area contributed by atoms with Gasteiger partial charge in [0.25, 0.3) is 0 Å². The lowest BCUT2D eigenvalue weighted by Crippen LogP contribution is -2.43. The van der Waals surface area contributed by atoms with Gasteiger partial charge in [0, 0.05) is 0 Å². The molecular formula is C15H18O2. The maximum absolute atomic E-state index is 5.99. The monoisotopic (exact) mass is 230 g/mol. The van der Waals surface area contributed by atoms with Crippen molar-refractivity contribution < 1.29 is 9.47 Å². The minimum absolute atomic E-state index is 0.00582. The Kier molecular flexibility index (Phi) is 3.77. The van der Waals surface area contributed by atoms with Gasteiger partial charge in [0.15, 0.2) is 0 Å². The molecule has 0 N–H and O–H groups in total. The van der Waals surface area contributed by atoms with Gasteiger partial charge in [-0.25, -0.2) is 0 Å². The first kappa shape index (κ1) is 12.1. The molecule has 2 heteroatoms. The molecule has 0 saturated heterocycles. The van der Waals surface area contributed by atoms with Gasteiger partial charge in [0.2, 0.25) is 0 Å². The SMILES string of the molecule is C=C[C@@]1(OCc2ccccc2)C=CCO[C@H]1C. The quantitative estimate of drug-likeness (QED) is 0.740. The lowest BCUT2D eigenvalue weighted by atomic mass is 9.95. The van der Waals surface area contributed by atoms with Gasteiger partial charge in [0.1, 0.15) is 5.60 Å². The zero-order valence-corrected chi connectivity index (χ0v) is 10.1. The largest absolute Gasteiger partial charge is 0.371 e. The molecule has 2 atom stereocenters. The molecule has 0 unspecified atom stereocenters. The highest BCUT2D eigenvalue weighted by atomic mass is 16.6. The average Bonchev–Trinajstić information content (AvgIpc) is 2.39. The second-order valence-corrected chi connectivity index (χ2v) is 4.21. The van der Waals surface area contributed by atoms with Crippen LogP contribution in [0.25, 0.3) is 0 Å². The molecule has 0 radical (unpaired) electrons. The summed E-state index contributed by atoms with van der Waals surface area (Å²) in [7, 11) is 0. The molecule has 90 valence electrons. The Labute approximate surface area is 103 Å². The predicted molar refractivity (Wildman–Crippen MR) is 68.7 cm³/mol. The van der Waals surface area contributed by atoms with E-state index in [1.165, 1.54) is 0 Å². The fourth-order valence-corrected chi connectivity index (χ4v) is 1.94. The molecule has 17 heavy (non-hydrogen) atoms. The topological polar surface area (TPSA) is 18.5 Å². The van der Waals surface area contributed by atoms with E-state index >= 15 is 0 Å². The van der Waals surface area contributed by atoms with Gasteiger partial charge < -0.3 is 9.47 Å². The van der Waals surface area contributed by atoms with Gasteiger partial charge in [0.05, 0.1) is 19.3 Å². The van der Waals surface area contributed by atoms with Gasteiger partial charge in [-0.3, -0.25) is 0 Å². The van der Waals surface area contributed by atoms with Crippen molar-refractivity contribution in [1.82, 2.24) is 0 Å². The van der Waals surface area contributed by atoms with Crippen molar-refractivity contribution in [1.29, 1.82) is 0 Å². The van der Waals surface area contributed by atoms with Crippen molar-refractivity contribution in [3.63, 3.8) is 0 Å². The summed E-state index contributed by atoms with van der Waals surface area (Å²) in [5, 5.41) is 0. The van der Waals surface area contributed by atoms with Crippen LogP contribution in [0.4, 0.5) is 0 Å². The predicted octanol–water partition coefficient (Wildman–Crippen LogP) is 3.10. The van der Waals surface area contributed by atoms with E-state index in [-0.39, 0.29) is 6.10 Å². The maximum Gasteiger partial charge on any atom is 0.130 e. The molecule has 0 amide bonds. The summed E-state index contributed by atoms with van der Waals surface area (Å²) in [6.07, 6.45) is 5.83. The van der Waals surface area contributed by atoms with E-state index in [4.69, 9.17) is 9.47 Å².